The van der Waals surface area contributed by atoms with Crippen molar-refractivity contribution < 1.29 is 4.79 Å². The Morgan fingerprint density at radius 2 is 1.82 bits per heavy atom. The molecule has 3 N–H and O–H groups in total. The topological polar surface area (TPSA) is 65.5 Å². The van der Waals surface area contributed by atoms with Crippen LogP contribution >= 0.6 is 0 Å². The van der Waals surface area contributed by atoms with Crippen LogP contribution < -0.4 is 16.0 Å². The zero-order valence-corrected chi connectivity index (χ0v) is 13.7. The van der Waals surface area contributed by atoms with Gasteiger partial charge in [0.25, 0.3) is 0 Å². The van der Waals surface area contributed by atoms with Crippen LogP contribution in [0.1, 0.15) is 38.7 Å². The zero-order valence-electron chi connectivity index (χ0n) is 13.7. The summed E-state index contributed by atoms with van der Waals surface area (Å²) in [6.45, 7) is 6.53. The fraction of sp³-hybridized carbons (Fsp3) is 0.529. The first kappa shape index (κ1) is 18.0. The predicted molar refractivity (Wildman–Crippen MR) is 91.8 cm³/mol. The van der Waals surface area contributed by atoms with E-state index in [1.807, 2.05) is 37.3 Å². The van der Waals surface area contributed by atoms with Gasteiger partial charge in [-0.15, -0.1) is 0 Å². The largest absolute Gasteiger partial charge is 0.357 e. The van der Waals surface area contributed by atoms with Gasteiger partial charge in [0.15, 0.2) is 5.96 Å². The van der Waals surface area contributed by atoms with E-state index in [2.05, 4.69) is 27.9 Å². The van der Waals surface area contributed by atoms with Gasteiger partial charge in [0, 0.05) is 19.6 Å². The minimum Gasteiger partial charge on any atom is -0.357 e. The van der Waals surface area contributed by atoms with Crippen molar-refractivity contribution in [3.63, 3.8) is 0 Å². The minimum absolute atomic E-state index is 0.0744. The molecule has 0 aliphatic heterocycles. The van der Waals surface area contributed by atoms with Crippen LogP contribution in [0.3, 0.4) is 0 Å². The van der Waals surface area contributed by atoms with Crippen LogP contribution in [0.15, 0.2) is 35.3 Å². The van der Waals surface area contributed by atoms with Gasteiger partial charge in [0.2, 0.25) is 5.91 Å². The molecule has 0 fully saturated rings. The van der Waals surface area contributed by atoms with Crippen LogP contribution in [0.4, 0.5) is 0 Å². The van der Waals surface area contributed by atoms with E-state index < -0.39 is 0 Å². The molecule has 0 aliphatic carbocycles. The van der Waals surface area contributed by atoms with E-state index in [4.69, 9.17) is 0 Å². The van der Waals surface area contributed by atoms with E-state index in [1.54, 1.807) is 0 Å². The lowest BCUT2D eigenvalue weighted by molar-refractivity contribution is -0.119. The number of unbranched alkanes of at least 4 members (excludes halogenated alkanes) is 2. The SMILES string of the molecule is CCCCCNC(=NCC(=O)NCc1ccccc1)NCC. The Labute approximate surface area is 133 Å². The van der Waals surface area contributed by atoms with Crippen LogP contribution in [-0.4, -0.2) is 31.5 Å². The third-order valence-electron chi connectivity index (χ3n) is 3.13. The van der Waals surface area contributed by atoms with Gasteiger partial charge in [-0.2, -0.15) is 0 Å². The molecule has 0 atom stereocenters. The molecule has 0 radical (unpaired) electrons. The normalized spacial score (nSPS) is 11.1. The summed E-state index contributed by atoms with van der Waals surface area (Å²) in [6, 6.07) is 9.86. The molecule has 0 aliphatic rings. The van der Waals surface area contributed by atoms with E-state index >= 15 is 0 Å². The molecule has 5 nitrogen and oxygen atoms in total. The standard InChI is InChI=1S/C17H28N4O/c1-3-5-9-12-19-17(18-4-2)21-14-16(22)20-13-15-10-7-6-8-11-15/h6-8,10-11H,3-5,9,12-14H2,1-2H3,(H,20,22)(H2,18,19,21). The smallest absolute Gasteiger partial charge is 0.242 e. The fourth-order valence-corrected chi connectivity index (χ4v) is 1.93. The summed E-state index contributed by atoms with van der Waals surface area (Å²) in [5.41, 5.74) is 1.09. The van der Waals surface area contributed by atoms with Crippen LogP contribution in [0, 0.1) is 0 Å². The van der Waals surface area contributed by atoms with Gasteiger partial charge < -0.3 is 16.0 Å². The van der Waals surface area contributed by atoms with Crippen LogP contribution in [0.2, 0.25) is 0 Å². The Kier molecular flexibility index (Phi) is 9.50. The summed E-state index contributed by atoms with van der Waals surface area (Å²) in [6.07, 6.45) is 3.50. The van der Waals surface area contributed by atoms with Crippen molar-refractivity contribution in [2.24, 2.45) is 4.99 Å². The lowest BCUT2D eigenvalue weighted by atomic mass is 10.2. The Morgan fingerprint density at radius 1 is 1.05 bits per heavy atom. The number of nitrogens with zero attached hydrogens (tertiary/aromatic N) is 1. The Bertz CT molecular complexity index is 445. The molecule has 0 heterocycles. The lowest BCUT2D eigenvalue weighted by Gasteiger charge is -2.11. The first-order valence-electron chi connectivity index (χ1n) is 8.09. The summed E-state index contributed by atoms with van der Waals surface area (Å²) in [5.74, 6) is 0.628. The van der Waals surface area contributed by atoms with E-state index in [9.17, 15) is 4.79 Å². The number of nitrogens with one attached hydrogen (secondary N) is 3. The molecular formula is C17H28N4O. The third-order valence-corrected chi connectivity index (χ3v) is 3.13. The maximum atomic E-state index is 11.8. The van der Waals surface area contributed by atoms with Gasteiger partial charge in [0.1, 0.15) is 6.54 Å². The van der Waals surface area contributed by atoms with E-state index in [1.165, 1.54) is 12.8 Å². The molecule has 1 aromatic rings. The summed E-state index contributed by atoms with van der Waals surface area (Å²) in [7, 11) is 0. The first-order valence-corrected chi connectivity index (χ1v) is 8.09. The Balaban J connectivity index is 2.32. The number of carbonyl (C=O) groups excluding carboxylic acids is 1. The van der Waals surface area contributed by atoms with Gasteiger partial charge >= 0.3 is 0 Å². The van der Waals surface area contributed by atoms with Gasteiger partial charge in [0.05, 0.1) is 0 Å². The Morgan fingerprint density at radius 3 is 2.50 bits per heavy atom. The minimum atomic E-state index is -0.0744. The van der Waals surface area contributed by atoms with E-state index in [0.29, 0.717) is 12.5 Å². The first-order chi connectivity index (χ1) is 10.8. The zero-order chi connectivity index (χ0) is 16.0. The number of guanidine groups is 1. The molecule has 122 valence electrons. The third kappa shape index (κ3) is 8.29. The van der Waals surface area contributed by atoms with Gasteiger partial charge in [-0.25, -0.2) is 4.99 Å². The highest BCUT2D eigenvalue weighted by Crippen LogP contribution is 1.96. The molecular weight excluding hydrogens is 276 g/mol. The van der Waals surface area contributed by atoms with Crippen LogP contribution in [-0.2, 0) is 11.3 Å². The average Bonchev–Trinajstić information content (AvgIpc) is 2.55. The molecule has 5 heteroatoms. The van der Waals surface area contributed by atoms with Crippen molar-refractivity contribution in [3.8, 4) is 0 Å². The molecule has 0 saturated heterocycles. The molecule has 1 amide bonds. The van der Waals surface area contributed by atoms with Crippen molar-refractivity contribution in [2.45, 2.75) is 39.7 Å². The average molecular weight is 304 g/mol. The second-order valence-corrected chi connectivity index (χ2v) is 5.09. The van der Waals surface area contributed by atoms with Gasteiger partial charge in [-0.3, -0.25) is 4.79 Å². The molecule has 0 spiro atoms. The number of amides is 1. The van der Waals surface area contributed by atoms with E-state index in [0.717, 1.165) is 25.1 Å². The summed E-state index contributed by atoms with van der Waals surface area (Å²) in [4.78, 5) is 16.1. The Hall–Kier alpha value is -2.04. The number of rotatable bonds is 9. The molecule has 0 unspecified atom stereocenters. The van der Waals surface area contributed by atoms with Gasteiger partial charge in [-0.1, -0.05) is 50.1 Å². The van der Waals surface area contributed by atoms with Crippen molar-refractivity contribution in [1.82, 2.24) is 16.0 Å². The monoisotopic (exact) mass is 304 g/mol. The number of hydrogen-bond acceptors (Lipinski definition) is 2. The quantitative estimate of drug-likeness (QED) is 0.372. The van der Waals surface area contributed by atoms with E-state index in [-0.39, 0.29) is 12.5 Å². The van der Waals surface area contributed by atoms with Crippen molar-refractivity contribution in [1.29, 1.82) is 0 Å². The second-order valence-electron chi connectivity index (χ2n) is 5.09. The summed E-state index contributed by atoms with van der Waals surface area (Å²) in [5, 5.41) is 9.26. The molecule has 0 aromatic heterocycles. The van der Waals surface area contributed by atoms with Gasteiger partial charge in [-0.05, 0) is 18.9 Å². The highest BCUT2D eigenvalue weighted by molar-refractivity contribution is 5.84. The fourth-order valence-electron chi connectivity index (χ4n) is 1.93. The molecule has 1 rings (SSSR count). The summed E-state index contributed by atoms with van der Waals surface area (Å²) < 4.78 is 0. The highest BCUT2D eigenvalue weighted by atomic mass is 16.1. The predicted octanol–water partition coefficient (Wildman–Crippen LogP) is 2.05. The second kappa shape index (κ2) is 11.6. The molecule has 22 heavy (non-hydrogen) atoms. The highest BCUT2D eigenvalue weighted by Gasteiger charge is 2.02. The molecule has 1 aromatic carbocycles. The van der Waals surface area contributed by atoms with Crippen molar-refractivity contribution >= 4 is 11.9 Å². The molecule has 0 bridgehead atoms. The van der Waals surface area contributed by atoms with Crippen LogP contribution in [0.5, 0.6) is 0 Å². The lowest BCUT2D eigenvalue weighted by Crippen LogP contribution is -2.38. The number of benzene rings is 1. The number of carbonyl (C=O) groups is 1. The maximum Gasteiger partial charge on any atom is 0.242 e. The van der Waals surface area contributed by atoms with Crippen molar-refractivity contribution in [2.75, 3.05) is 19.6 Å². The maximum absolute atomic E-state index is 11.8. The molecule has 0 saturated carbocycles. The number of hydrogen-bond donors (Lipinski definition) is 3. The number of aliphatic imine (C=N–C) groups is 1. The van der Waals surface area contributed by atoms with Crippen molar-refractivity contribution in [3.05, 3.63) is 35.9 Å². The summed E-state index contributed by atoms with van der Waals surface area (Å²) >= 11 is 0. The van der Waals surface area contributed by atoms with Crippen LogP contribution in [0.25, 0.3) is 0 Å².